The molecular formula is C21H29NO3S. The number of nitrogens with one attached hydrogen (secondary N) is 1. The van der Waals surface area contributed by atoms with Crippen LogP contribution < -0.4 is 4.72 Å². The lowest BCUT2D eigenvalue weighted by molar-refractivity contribution is 0.173. The summed E-state index contributed by atoms with van der Waals surface area (Å²) in [5, 5.41) is 9.89. The van der Waals surface area contributed by atoms with E-state index >= 15 is 0 Å². The van der Waals surface area contributed by atoms with E-state index in [4.69, 9.17) is 0 Å². The summed E-state index contributed by atoms with van der Waals surface area (Å²) in [6, 6.07) is 15.4. The minimum atomic E-state index is -3.45. The van der Waals surface area contributed by atoms with Gasteiger partial charge in [-0.05, 0) is 48.9 Å². The fourth-order valence-electron chi connectivity index (χ4n) is 2.77. The second-order valence-electron chi connectivity index (χ2n) is 7.03. The molecule has 5 heteroatoms. The van der Waals surface area contributed by atoms with Crippen molar-refractivity contribution in [2.45, 2.75) is 51.4 Å². The summed E-state index contributed by atoms with van der Waals surface area (Å²) in [6.07, 6.45) is 1.01. The maximum absolute atomic E-state index is 12.6. The van der Waals surface area contributed by atoms with E-state index in [1.807, 2.05) is 62.4 Å². The number of aliphatic hydroxyl groups excluding tert-OH is 1. The van der Waals surface area contributed by atoms with Gasteiger partial charge in [0.2, 0.25) is 10.0 Å². The smallest absolute Gasteiger partial charge is 0.221 e. The molecule has 0 spiro atoms. The van der Waals surface area contributed by atoms with Crippen molar-refractivity contribution in [1.29, 1.82) is 0 Å². The molecule has 0 heterocycles. The zero-order chi connectivity index (χ0) is 19.4. The van der Waals surface area contributed by atoms with Crippen LogP contribution in [-0.2, 0) is 14.8 Å². The number of rotatable bonds is 8. The summed E-state index contributed by atoms with van der Waals surface area (Å²) in [4.78, 5) is 0. The topological polar surface area (TPSA) is 66.4 Å². The van der Waals surface area contributed by atoms with Crippen LogP contribution in [0.25, 0.3) is 11.1 Å². The summed E-state index contributed by atoms with van der Waals surface area (Å²) < 4.78 is 26.8. The predicted octanol–water partition coefficient (Wildman–Crippen LogP) is 4.36. The third kappa shape index (κ3) is 4.34. The van der Waals surface area contributed by atoms with Gasteiger partial charge >= 0.3 is 0 Å². The minimum Gasteiger partial charge on any atom is -0.388 e. The summed E-state index contributed by atoms with van der Waals surface area (Å²) in [7, 11) is -3.45. The minimum absolute atomic E-state index is 0.437. The van der Waals surface area contributed by atoms with Crippen molar-refractivity contribution in [3.8, 4) is 11.1 Å². The van der Waals surface area contributed by atoms with Gasteiger partial charge in [-0.3, -0.25) is 0 Å². The van der Waals surface area contributed by atoms with E-state index in [0.29, 0.717) is 13.0 Å². The SMILES string of the molecule is CCCNS(=O)(=O)C(C)(C)c1ccc(-c2ccc(C(O)CC)cc2)cc1. The van der Waals surface area contributed by atoms with Crippen LogP contribution in [0.2, 0.25) is 0 Å². The molecule has 0 saturated carbocycles. The Hall–Kier alpha value is -1.69. The van der Waals surface area contributed by atoms with Crippen LogP contribution in [-0.4, -0.2) is 20.1 Å². The van der Waals surface area contributed by atoms with Crippen molar-refractivity contribution < 1.29 is 13.5 Å². The molecule has 0 amide bonds. The van der Waals surface area contributed by atoms with Gasteiger partial charge in [0.1, 0.15) is 4.75 Å². The molecule has 4 nitrogen and oxygen atoms in total. The molecule has 142 valence electrons. The molecule has 2 aromatic rings. The highest BCUT2D eigenvalue weighted by Crippen LogP contribution is 2.31. The molecule has 0 aliphatic carbocycles. The molecule has 2 aromatic carbocycles. The summed E-state index contributed by atoms with van der Waals surface area (Å²) in [5.74, 6) is 0. The fourth-order valence-corrected chi connectivity index (χ4v) is 4.05. The lowest BCUT2D eigenvalue weighted by Gasteiger charge is -2.26. The molecule has 1 atom stereocenters. The Morgan fingerprint density at radius 2 is 1.46 bits per heavy atom. The van der Waals surface area contributed by atoms with Crippen LogP contribution in [0, 0.1) is 0 Å². The molecule has 0 aliphatic rings. The van der Waals surface area contributed by atoms with E-state index in [0.717, 1.165) is 28.7 Å². The Balaban J connectivity index is 2.25. The third-order valence-corrected chi connectivity index (χ3v) is 6.97. The van der Waals surface area contributed by atoms with Crippen LogP contribution in [0.3, 0.4) is 0 Å². The van der Waals surface area contributed by atoms with Gasteiger partial charge in [0.05, 0.1) is 6.10 Å². The van der Waals surface area contributed by atoms with E-state index in [1.165, 1.54) is 0 Å². The highest BCUT2D eigenvalue weighted by atomic mass is 32.2. The molecule has 2 rings (SSSR count). The van der Waals surface area contributed by atoms with Crippen LogP contribution in [0.15, 0.2) is 48.5 Å². The van der Waals surface area contributed by atoms with Crippen molar-refractivity contribution in [1.82, 2.24) is 4.72 Å². The van der Waals surface area contributed by atoms with E-state index in [1.54, 1.807) is 13.8 Å². The molecule has 0 radical (unpaired) electrons. The van der Waals surface area contributed by atoms with Gasteiger partial charge in [-0.1, -0.05) is 62.4 Å². The van der Waals surface area contributed by atoms with Crippen LogP contribution >= 0.6 is 0 Å². The van der Waals surface area contributed by atoms with E-state index in [9.17, 15) is 13.5 Å². The summed E-state index contributed by atoms with van der Waals surface area (Å²) in [6.45, 7) is 7.78. The molecule has 0 bridgehead atoms. The van der Waals surface area contributed by atoms with Gasteiger partial charge in [-0.15, -0.1) is 0 Å². The van der Waals surface area contributed by atoms with Gasteiger partial charge < -0.3 is 5.11 Å². The third-order valence-electron chi connectivity index (χ3n) is 4.81. The lowest BCUT2D eigenvalue weighted by Crippen LogP contribution is -2.39. The Bertz CT molecular complexity index is 809. The number of hydrogen-bond acceptors (Lipinski definition) is 3. The number of aliphatic hydroxyl groups is 1. The molecule has 2 N–H and O–H groups in total. The first kappa shape index (κ1) is 20.6. The molecule has 26 heavy (non-hydrogen) atoms. The normalized spacial score (nSPS) is 13.6. The Labute approximate surface area is 157 Å². The van der Waals surface area contributed by atoms with Crippen molar-refractivity contribution in [3.63, 3.8) is 0 Å². The van der Waals surface area contributed by atoms with E-state index in [-0.39, 0.29) is 0 Å². The quantitative estimate of drug-likeness (QED) is 0.720. The molecule has 0 fully saturated rings. The van der Waals surface area contributed by atoms with Gasteiger partial charge in [-0.2, -0.15) is 0 Å². The zero-order valence-corrected chi connectivity index (χ0v) is 16.8. The van der Waals surface area contributed by atoms with Gasteiger partial charge in [-0.25, -0.2) is 13.1 Å². The number of benzene rings is 2. The fraction of sp³-hybridized carbons (Fsp3) is 0.429. The van der Waals surface area contributed by atoms with Crippen LogP contribution in [0.1, 0.15) is 57.8 Å². The van der Waals surface area contributed by atoms with Gasteiger partial charge in [0, 0.05) is 6.54 Å². The van der Waals surface area contributed by atoms with Crippen LogP contribution in [0.4, 0.5) is 0 Å². The van der Waals surface area contributed by atoms with Gasteiger partial charge in [0.25, 0.3) is 0 Å². The highest BCUT2D eigenvalue weighted by Gasteiger charge is 2.35. The largest absolute Gasteiger partial charge is 0.388 e. The van der Waals surface area contributed by atoms with Crippen molar-refractivity contribution >= 4 is 10.0 Å². The first-order valence-electron chi connectivity index (χ1n) is 9.11. The predicted molar refractivity (Wildman–Crippen MR) is 107 cm³/mol. The highest BCUT2D eigenvalue weighted by molar-refractivity contribution is 7.90. The second-order valence-corrected chi connectivity index (χ2v) is 9.35. The summed E-state index contributed by atoms with van der Waals surface area (Å²) >= 11 is 0. The van der Waals surface area contributed by atoms with Crippen molar-refractivity contribution in [3.05, 3.63) is 59.7 Å². The average molecular weight is 376 g/mol. The Morgan fingerprint density at radius 3 is 1.92 bits per heavy atom. The molecule has 1 unspecified atom stereocenters. The summed E-state index contributed by atoms with van der Waals surface area (Å²) in [5.41, 5.74) is 3.71. The van der Waals surface area contributed by atoms with Crippen LogP contribution in [0.5, 0.6) is 0 Å². The van der Waals surface area contributed by atoms with Gasteiger partial charge in [0.15, 0.2) is 0 Å². The first-order chi connectivity index (χ1) is 12.2. The standard InChI is InChI=1S/C21H29NO3S/c1-5-15-22-26(24,25)21(3,4)19-13-11-17(12-14-19)16-7-9-18(10-8-16)20(23)6-2/h7-14,20,22-23H,5-6,15H2,1-4H3. The van der Waals surface area contributed by atoms with E-state index < -0.39 is 20.9 Å². The monoisotopic (exact) mass is 375 g/mol. The lowest BCUT2D eigenvalue weighted by atomic mass is 9.97. The number of sulfonamides is 1. The van der Waals surface area contributed by atoms with Crippen molar-refractivity contribution in [2.75, 3.05) is 6.54 Å². The van der Waals surface area contributed by atoms with Crippen molar-refractivity contribution in [2.24, 2.45) is 0 Å². The molecule has 0 aliphatic heterocycles. The molecule has 0 aromatic heterocycles. The zero-order valence-electron chi connectivity index (χ0n) is 16.0. The Morgan fingerprint density at radius 1 is 0.962 bits per heavy atom. The maximum atomic E-state index is 12.6. The molecule has 0 saturated heterocycles. The molecular weight excluding hydrogens is 346 g/mol. The van der Waals surface area contributed by atoms with E-state index in [2.05, 4.69) is 4.72 Å². The maximum Gasteiger partial charge on any atom is 0.221 e. The first-order valence-corrected chi connectivity index (χ1v) is 10.6. The second kappa shape index (κ2) is 8.33. The Kier molecular flexibility index (Phi) is 6.61. The average Bonchev–Trinajstić information content (AvgIpc) is 2.66. The number of hydrogen-bond donors (Lipinski definition) is 2.